The van der Waals surface area contributed by atoms with Crippen molar-refractivity contribution in [2.24, 2.45) is 5.92 Å². The zero-order valence-corrected chi connectivity index (χ0v) is 12.6. The lowest BCUT2D eigenvalue weighted by molar-refractivity contribution is 0.0696. The Morgan fingerprint density at radius 2 is 2.25 bits per heavy atom. The topological polar surface area (TPSA) is 43.8 Å². The fourth-order valence-electron chi connectivity index (χ4n) is 2.98. The van der Waals surface area contributed by atoms with Crippen molar-refractivity contribution in [1.29, 1.82) is 0 Å². The molecule has 20 heavy (non-hydrogen) atoms. The molecule has 4 nitrogen and oxygen atoms in total. The predicted octanol–water partition coefficient (Wildman–Crippen LogP) is 2.08. The second-order valence-corrected chi connectivity index (χ2v) is 6.06. The Bertz CT molecular complexity index is 487. The lowest BCUT2D eigenvalue weighted by Gasteiger charge is -2.22. The molecule has 0 spiro atoms. The van der Waals surface area contributed by atoms with Gasteiger partial charge in [0.05, 0.1) is 5.56 Å². The standard InChI is InChI=1S/C16H24N2O2/c1-12-8-14(16(19)20)4-5-15(12)11-18(3)10-13-6-7-17(2)9-13/h4-5,8,13H,6-7,9-11H2,1-3H3,(H,19,20). The summed E-state index contributed by atoms with van der Waals surface area (Å²) in [4.78, 5) is 15.7. The fraction of sp³-hybridized carbons (Fsp3) is 0.562. The summed E-state index contributed by atoms with van der Waals surface area (Å²) in [6.45, 7) is 6.35. The highest BCUT2D eigenvalue weighted by Gasteiger charge is 2.20. The zero-order chi connectivity index (χ0) is 14.7. The number of carboxylic acid groups (broad SMARTS) is 1. The molecule has 1 aliphatic heterocycles. The predicted molar refractivity (Wildman–Crippen MR) is 80.1 cm³/mol. The molecule has 1 fully saturated rings. The van der Waals surface area contributed by atoms with Gasteiger partial charge >= 0.3 is 5.97 Å². The quantitative estimate of drug-likeness (QED) is 0.894. The van der Waals surface area contributed by atoms with Gasteiger partial charge in [-0.15, -0.1) is 0 Å². The minimum absolute atomic E-state index is 0.367. The summed E-state index contributed by atoms with van der Waals surface area (Å²) >= 11 is 0. The summed E-state index contributed by atoms with van der Waals surface area (Å²) in [6, 6.07) is 5.40. The van der Waals surface area contributed by atoms with Crippen LogP contribution < -0.4 is 0 Å². The highest BCUT2D eigenvalue weighted by atomic mass is 16.4. The van der Waals surface area contributed by atoms with Crippen LogP contribution in [0.5, 0.6) is 0 Å². The average molecular weight is 276 g/mol. The van der Waals surface area contributed by atoms with Gasteiger partial charge in [0, 0.05) is 19.6 Å². The molecule has 1 aromatic carbocycles. The van der Waals surface area contributed by atoms with Crippen LogP contribution in [0.3, 0.4) is 0 Å². The van der Waals surface area contributed by atoms with Crippen molar-refractivity contribution >= 4 is 5.97 Å². The van der Waals surface area contributed by atoms with E-state index in [9.17, 15) is 4.79 Å². The highest BCUT2D eigenvalue weighted by Crippen LogP contribution is 2.18. The molecule has 0 radical (unpaired) electrons. The fourth-order valence-corrected chi connectivity index (χ4v) is 2.98. The Labute approximate surface area is 121 Å². The smallest absolute Gasteiger partial charge is 0.335 e. The minimum atomic E-state index is -0.859. The van der Waals surface area contributed by atoms with E-state index >= 15 is 0 Å². The van der Waals surface area contributed by atoms with Gasteiger partial charge in [-0.05, 0) is 63.2 Å². The van der Waals surface area contributed by atoms with E-state index < -0.39 is 5.97 Å². The van der Waals surface area contributed by atoms with Crippen molar-refractivity contribution < 1.29 is 9.90 Å². The Kier molecular flexibility index (Phi) is 4.78. The largest absolute Gasteiger partial charge is 0.478 e. The van der Waals surface area contributed by atoms with E-state index in [0.717, 1.165) is 24.6 Å². The van der Waals surface area contributed by atoms with E-state index in [2.05, 4.69) is 23.9 Å². The summed E-state index contributed by atoms with van der Waals surface area (Å²) < 4.78 is 0. The molecule has 0 amide bonds. The van der Waals surface area contributed by atoms with Crippen LogP contribution in [-0.4, -0.2) is 54.6 Å². The van der Waals surface area contributed by atoms with Crippen LogP contribution in [0.1, 0.15) is 27.9 Å². The molecule has 2 rings (SSSR count). The van der Waals surface area contributed by atoms with Gasteiger partial charge in [0.25, 0.3) is 0 Å². The molecule has 0 aliphatic carbocycles. The third-order valence-electron chi connectivity index (χ3n) is 4.09. The lowest BCUT2D eigenvalue weighted by atomic mass is 10.0. The van der Waals surface area contributed by atoms with Gasteiger partial charge in [-0.2, -0.15) is 0 Å². The Morgan fingerprint density at radius 3 is 2.80 bits per heavy atom. The van der Waals surface area contributed by atoms with Gasteiger partial charge in [0.1, 0.15) is 0 Å². The van der Waals surface area contributed by atoms with Gasteiger partial charge in [0.2, 0.25) is 0 Å². The Balaban J connectivity index is 1.94. The van der Waals surface area contributed by atoms with Gasteiger partial charge in [-0.3, -0.25) is 0 Å². The van der Waals surface area contributed by atoms with Crippen LogP contribution in [-0.2, 0) is 6.54 Å². The normalized spacial score (nSPS) is 19.7. The van der Waals surface area contributed by atoms with Crippen LogP contribution in [0, 0.1) is 12.8 Å². The van der Waals surface area contributed by atoms with Crippen molar-refractivity contribution in [3.8, 4) is 0 Å². The van der Waals surface area contributed by atoms with Gasteiger partial charge < -0.3 is 14.9 Å². The third-order valence-corrected chi connectivity index (χ3v) is 4.09. The van der Waals surface area contributed by atoms with E-state index in [1.54, 1.807) is 12.1 Å². The summed E-state index contributed by atoms with van der Waals surface area (Å²) in [5.74, 6) is -0.106. The molecule has 0 aromatic heterocycles. The summed E-state index contributed by atoms with van der Waals surface area (Å²) in [7, 11) is 4.32. The number of carbonyl (C=O) groups is 1. The number of aromatic carboxylic acids is 1. The van der Waals surface area contributed by atoms with Gasteiger partial charge in [0.15, 0.2) is 0 Å². The van der Waals surface area contributed by atoms with Crippen molar-refractivity contribution in [2.75, 3.05) is 33.7 Å². The molecular formula is C16H24N2O2. The number of aryl methyl sites for hydroxylation is 1. The summed E-state index contributed by atoms with van der Waals surface area (Å²) in [5, 5.41) is 8.98. The molecule has 110 valence electrons. The monoisotopic (exact) mass is 276 g/mol. The summed E-state index contributed by atoms with van der Waals surface area (Å²) in [6.07, 6.45) is 1.28. The van der Waals surface area contributed by atoms with Crippen LogP contribution in [0.15, 0.2) is 18.2 Å². The molecule has 0 bridgehead atoms. The SMILES string of the molecule is Cc1cc(C(=O)O)ccc1CN(C)CC1CCN(C)C1. The molecule has 1 N–H and O–H groups in total. The molecule has 0 saturated carbocycles. The first-order valence-corrected chi connectivity index (χ1v) is 7.15. The Morgan fingerprint density at radius 1 is 1.50 bits per heavy atom. The maximum atomic E-state index is 10.9. The van der Waals surface area contributed by atoms with Crippen molar-refractivity contribution in [1.82, 2.24) is 9.80 Å². The van der Waals surface area contributed by atoms with Crippen LogP contribution in [0.25, 0.3) is 0 Å². The van der Waals surface area contributed by atoms with Crippen molar-refractivity contribution in [3.63, 3.8) is 0 Å². The van der Waals surface area contributed by atoms with E-state index in [-0.39, 0.29) is 0 Å². The van der Waals surface area contributed by atoms with Crippen LogP contribution in [0.4, 0.5) is 0 Å². The first kappa shape index (κ1) is 15.0. The zero-order valence-electron chi connectivity index (χ0n) is 12.6. The van der Waals surface area contributed by atoms with E-state index in [0.29, 0.717) is 5.56 Å². The van der Waals surface area contributed by atoms with Crippen LogP contribution >= 0.6 is 0 Å². The number of hydrogen-bond acceptors (Lipinski definition) is 3. The van der Waals surface area contributed by atoms with Gasteiger partial charge in [-0.25, -0.2) is 4.79 Å². The van der Waals surface area contributed by atoms with E-state index in [1.807, 2.05) is 13.0 Å². The average Bonchev–Trinajstić information content (AvgIpc) is 2.77. The second-order valence-electron chi connectivity index (χ2n) is 6.06. The minimum Gasteiger partial charge on any atom is -0.478 e. The first-order valence-electron chi connectivity index (χ1n) is 7.15. The number of carboxylic acids is 1. The van der Waals surface area contributed by atoms with Crippen molar-refractivity contribution in [2.45, 2.75) is 19.9 Å². The molecular weight excluding hydrogens is 252 g/mol. The lowest BCUT2D eigenvalue weighted by Crippen LogP contribution is -2.27. The molecule has 1 heterocycles. The number of likely N-dealkylation sites (tertiary alicyclic amines) is 1. The number of benzene rings is 1. The van der Waals surface area contributed by atoms with E-state index in [1.165, 1.54) is 25.1 Å². The molecule has 1 aromatic rings. The summed E-state index contributed by atoms with van der Waals surface area (Å²) in [5.41, 5.74) is 2.63. The maximum Gasteiger partial charge on any atom is 0.335 e. The molecule has 1 unspecified atom stereocenters. The van der Waals surface area contributed by atoms with Crippen molar-refractivity contribution in [3.05, 3.63) is 34.9 Å². The first-order chi connectivity index (χ1) is 9.45. The molecule has 1 aliphatic rings. The molecule has 1 atom stereocenters. The number of rotatable bonds is 5. The van der Waals surface area contributed by atoms with Gasteiger partial charge in [-0.1, -0.05) is 6.07 Å². The molecule has 1 saturated heterocycles. The van der Waals surface area contributed by atoms with E-state index in [4.69, 9.17) is 5.11 Å². The Hall–Kier alpha value is -1.39. The van der Waals surface area contributed by atoms with Crippen LogP contribution in [0.2, 0.25) is 0 Å². The maximum absolute atomic E-state index is 10.9. The molecule has 4 heteroatoms. The number of nitrogens with zero attached hydrogens (tertiary/aromatic N) is 2. The number of hydrogen-bond donors (Lipinski definition) is 1. The second kappa shape index (κ2) is 6.37. The highest BCUT2D eigenvalue weighted by molar-refractivity contribution is 5.87. The third kappa shape index (κ3) is 3.81.